The second-order valence-corrected chi connectivity index (χ2v) is 2.96. The van der Waals surface area contributed by atoms with Gasteiger partial charge in [-0.25, -0.2) is 4.39 Å². The zero-order chi connectivity index (χ0) is 8.97. The van der Waals surface area contributed by atoms with Crippen molar-refractivity contribution in [2.75, 3.05) is 0 Å². The van der Waals surface area contributed by atoms with Gasteiger partial charge in [0, 0.05) is 10.9 Å². The van der Waals surface area contributed by atoms with Crippen molar-refractivity contribution in [3.05, 3.63) is 35.1 Å². The van der Waals surface area contributed by atoms with Crippen LogP contribution in [-0.4, -0.2) is 0 Å². The molecule has 0 spiro atoms. The Morgan fingerprint density at radius 3 is 2.75 bits per heavy atom. The van der Waals surface area contributed by atoms with Crippen LogP contribution in [0.2, 0.25) is 0 Å². The van der Waals surface area contributed by atoms with E-state index in [0.717, 1.165) is 5.56 Å². The van der Waals surface area contributed by atoms with Crippen LogP contribution in [0.5, 0.6) is 0 Å². The van der Waals surface area contributed by atoms with Gasteiger partial charge in [0.2, 0.25) is 0 Å². The van der Waals surface area contributed by atoms with E-state index in [1.54, 1.807) is 6.07 Å². The van der Waals surface area contributed by atoms with Gasteiger partial charge in [-0.2, -0.15) is 5.26 Å². The highest BCUT2D eigenvalue weighted by Gasteiger charge is 2.01. The standard InChI is InChI=1S/C9H7BrFN/c10-6-7-1-2-8(3-4-12)9(11)5-7/h1-2,5H,3,6H2. The van der Waals surface area contributed by atoms with E-state index >= 15 is 0 Å². The van der Waals surface area contributed by atoms with Crippen molar-refractivity contribution in [3.63, 3.8) is 0 Å². The molecule has 0 aliphatic heterocycles. The van der Waals surface area contributed by atoms with E-state index in [1.165, 1.54) is 6.07 Å². The van der Waals surface area contributed by atoms with Crippen molar-refractivity contribution >= 4 is 15.9 Å². The summed E-state index contributed by atoms with van der Waals surface area (Å²) >= 11 is 3.22. The van der Waals surface area contributed by atoms with Crippen molar-refractivity contribution < 1.29 is 4.39 Å². The van der Waals surface area contributed by atoms with Gasteiger partial charge in [0.1, 0.15) is 5.82 Å². The molecule has 3 heteroatoms. The Morgan fingerprint density at radius 1 is 1.50 bits per heavy atom. The van der Waals surface area contributed by atoms with Crippen molar-refractivity contribution in [2.45, 2.75) is 11.8 Å². The van der Waals surface area contributed by atoms with Crippen molar-refractivity contribution in [2.24, 2.45) is 0 Å². The van der Waals surface area contributed by atoms with Crippen molar-refractivity contribution in [1.29, 1.82) is 5.26 Å². The highest BCUT2D eigenvalue weighted by atomic mass is 79.9. The topological polar surface area (TPSA) is 23.8 Å². The maximum absolute atomic E-state index is 13.1. The lowest BCUT2D eigenvalue weighted by Gasteiger charge is -1.99. The summed E-state index contributed by atoms with van der Waals surface area (Å²) in [6, 6.07) is 6.81. The summed E-state index contributed by atoms with van der Waals surface area (Å²) in [5.74, 6) is -0.298. The van der Waals surface area contributed by atoms with E-state index in [-0.39, 0.29) is 12.2 Å². The first-order chi connectivity index (χ1) is 5.77. The molecule has 1 aromatic carbocycles. The molecule has 0 fully saturated rings. The van der Waals surface area contributed by atoms with E-state index in [4.69, 9.17) is 5.26 Å². The van der Waals surface area contributed by atoms with Gasteiger partial charge in [0.25, 0.3) is 0 Å². The summed E-state index contributed by atoms with van der Waals surface area (Å²) in [5, 5.41) is 8.98. The molecular formula is C9H7BrFN. The van der Waals surface area contributed by atoms with Crippen LogP contribution in [0.3, 0.4) is 0 Å². The number of hydrogen-bond acceptors (Lipinski definition) is 1. The summed E-state index contributed by atoms with van der Waals surface area (Å²) in [7, 11) is 0. The van der Waals surface area contributed by atoms with E-state index in [2.05, 4.69) is 15.9 Å². The quantitative estimate of drug-likeness (QED) is 0.714. The second kappa shape index (κ2) is 4.22. The van der Waals surface area contributed by atoms with Crippen molar-refractivity contribution in [3.8, 4) is 6.07 Å². The summed E-state index contributed by atoms with van der Waals surface area (Å²) < 4.78 is 13.1. The normalized spacial score (nSPS) is 9.42. The summed E-state index contributed by atoms with van der Waals surface area (Å²) in [6.07, 6.45) is 0.133. The monoisotopic (exact) mass is 227 g/mol. The molecule has 12 heavy (non-hydrogen) atoms. The third-order valence-electron chi connectivity index (χ3n) is 1.54. The van der Waals surface area contributed by atoms with Gasteiger partial charge < -0.3 is 0 Å². The third kappa shape index (κ3) is 2.05. The summed E-state index contributed by atoms with van der Waals surface area (Å²) in [5.41, 5.74) is 1.34. The van der Waals surface area contributed by atoms with Crippen LogP contribution in [-0.2, 0) is 11.8 Å². The number of benzene rings is 1. The molecule has 0 heterocycles. The van der Waals surface area contributed by atoms with Crippen LogP contribution in [0.15, 0.2) is 18.2 Å². The lowest BCUT2D eigenvalue weighted by Crippen LogP contribution is -1.89. The number of alkyl halides is 1. The highest BCUT2D eigenvalue weighted by molar-refractivity contribution is 9.08. The van der Waals surface area contributed by atoms with Crippen LogP contribution in [0.1, 0.15) is 11.1 Å². The fourth-order valence-corrected chi connectivity index (χ4v) is 1.25. The summed E-state index contributed by atoms with van der Waals surface area (Å²) in [4.78, 5) is 0. The third-order valence-corrected chi connectivity index (χ3v) is 2.19. The van der Waals surface area contributed by atoms with Gasteiger partial charge in [-0.05, 0) is 11.6 Å². The van der Waals surface area contributed by atoms with Crippen LogP contribution in [0.25, 0.3) is 0 Å². The number of rotatable bonds is 2. The van der Waals surface area contributed by atoms with Gasteiger partial charge in [-0.1, -0.05) is 28.1 Å². The number of halogens is 2. The lowest BCUT2D eigenvalue weighted by molar-refractivity contribution is 0.614. The minimum Gasteiger partial charge on any atom is -0.207 e. The largest absolute Gasteiger partial charge is 0.207 e. The molecule has 0 saturated heterocycles. The Morgan fingerprint density at radius 2 is 2.25 bits per heavy atom. The Labute approximate surface area is 79.0 Å². The Bertz CT molecular complexity index is 317. The van der Waals surface area contributed by atoms with Crippen LogP contribution >= 0.6 is 15.9 Å². The zero-order valence-electron chi connectivity index (χ0n) is 6.35. The van der Waals surface area contributed by atoms with Crippen molar-refractivity contribution in [1.82, 2.24) is 0 Å². The van der Waals surface area contributed by atoms with Gasteiger partial charge in [0.15, 0.2) is 0 Å². The SMILES string of the molecule is N#CCc1ccc(CBr)cc1F. The van der Waals surface area contributed by atoms with E-state index in [1.807, 2.05) is 12.1 Å². The first-order valence-corrected chi connectivity index (χ1v) is 4.60. The molecule has 62 valence electrons. The smallest absolute Gasteiger partial charge is 0.127 e. The Kier molecular flexibility index (Phi) is 3.24. The average Bonchev–Trinajstić information content (AvgIpc) is 2.09. The lowest BCUT2D eigenvalue weighted by atomic mass is 10.1. The van der Waals surface area contributed by atoms with Crippen LogP contribution in [0, 0.1) is 17.1 Å². The molecule has 1 nitrogen and oxygen atoms in total. The molecule has 0 aliphatic rings. The predicted molar refractivity (Wildman–Crippen MR) is 48.3 cm³/mol. The van der Waals surface area contributed by atoms with Gasteiger partial charge in [-0.3, -0.25) is 0 Å². The molecule has 0 bridgehead atoms. The maximum atomic E-state index is 13.1. The first kappa shape index (κ1) is 9.21. The zero-order valence-corrected chi connectivity index (χ0v) is 7.94. The van der Waals surface area contributed by atoms with Gasteiger partial charge >= 0.3 is 0 Å². The number of nitriles is 1. The van der Waals surface area contributed by atoms with E-state index in [0.29, 0.717) is 10.9 Å². The van der Waals surface area contributed by atoms with Crippen LogP contribution < -0.4 is 0 Å². The molecule has 0 saturated carbocycles. The fraction of sp³-hybridized carbons (Fsp3) is 0.222. The Hall–Kier alpha value is -0.880. The van der Waals surface area contributed by atoms with Gasteiger partial charge in [-0.15, -0.1) is 0 Å². The molecule has 1 rings (SSSR count). The Balaban J connectivity index is 2.97. The average molecular weight is 228 g/mol. The fourth-order valence-electron chi connectivity index (χ4n) is 0.902. The molecule has 0 unspecified atom stereocenters. The molecule has 0 atom stereocenters. The first-order valence-electron chi connectivity index (χ1n) is 3.48. The molecular weight excluding hydrogens is 221 g/mol. The summed E-state index contributed by atoms with van der Waals surface area (Å²) in [6.45, 7) is 0. The van der Waals surface area contributed by atoms with E-state index < -0.39 is 0 Å². The van der Waals surface area contributed by atoms with E-state index in [9.17, 15) is 4.39 Å². The second-order valence-electron chi connectivity index (χ2n) is 2.39. The molecule has 0 amide bonds. The minimum atomic E-state index is -0.298. The maximum Gasteiger partial charge on any atom is 0.127 e. The highest BCUT2D eigenvalue weighted by Crippen LogP contribution is 2.12. The molecule has 1 aromatic rings. The molecule has 0 aliphatic carbocycles. The van der Waals surface area contributed by atoms with Gasteiger partial charge in [0.05, 0.1) is 12.5 Å². The predicted octanol–water partition coefficient (Wildman–Crippen LogP) is 2.79. The molecule has 0 radical (unpaired) electrons. The number of hydrogen-bond donors (Lipinski definition) is 0. The van der Waals surface area contributed by atoms with Crippen LogP contribution in [0.4, 0.5) is 4.39 Å². The molecule has 0 N–H and O–H groups in total. The number of nitrogens with zero attached hydrogens (tertiary/aromatic N) is 1. The minimum absolute atomic E-state index is 0.133. The molecule has 0 aromatic heterocycles.